The molecule has 4 aromatic rings. The smallest absolute Gasteiger partial charge is 0.248 e. The summed E-state index contributed by atoms with van der Waals surface area (Å²) in [4.78, 5) is 8.98. The Balaban J connectivity index is 1.45. The van der Waals surface area contributed by atoms with Crippen LogP contribution in [0.2, 0.25) is 0 Å². The number of sulfone groups is 1. The largest absolute Gasteiger partial charge is 0.454 e. The molecule has 0 aliphatic heterocycles. The first-order valence-corrected chi connectivity index (χ1v) is 13.2. The summed E-state index contributed by atoms with van der Waals surface area (Å²) in [6, 6.07) is 13.7. The Morgan fingerprint density at radius 3 is 2.31 bits per heavy atom. The molecule has 0 amide bonds. The molecule has 0 spiro atoms. The molecule has 6 nitrogen and oxygen atoms in total. The number of alkyl halides is 2. The summed E-state index contributed by atoms with van der Waals surface area (Å²) in [5, 5.41) is 10.8. The Morgan fingerprint density at radius 1 is 0.943 bits per heavy atom. The van der Waals surface area contributed by atoms with Gasteiger partial charge in [0.15, 0.2) is 15.4 Å². The van der Waals surface area contributed by atoms with Gasteiger partial charge in [0.1, 0.15) is 11.3 Å². The minimum Gasteiger partial charge on any atom is -0.454 e. The molecular weight excluding hydrogens is 474 g/mol. The molecule has 0 bridgehead atoms. The van der Waals surface area contributed by atoms with Gasteiger partial charge in [-0.05, 0) is 60.9 Å². The lowest BCUT2D eigenvalue weighted by Crippen LogP contribution is -2.40. The van der Waals surface area contributed by atoms with Crippen LogP contribution in [0, 0.1) is 0 Å². The van der Waals surface area contributed by atoms with Crippen LogP contribution < -0.4 is 0 Å². The zero-order valence-electron chi connectivity index (χ0n) is 19.0. The van der Waals surface area contributed by atoms with E-state index in [0.29, 0.717) is 28.1 Å². The van der Waals surface area contributed by atoms with E-state index < -0.39 is 21.4 Å². The Kier molecular flexibility index (Phi) is 5.72. The van der Waals surface area contributed by atoms with Crippen molar-refractivity contribution in [2.24, 2.45) is 0 Å². The third-order valence-corrected chi connectivity index (χ3v) is 7.66. The standard InChI is InChI=1S/C26H24F2N2O4S/c1-35(32,33)20-4-2-17(3-5-20)23-15-22-24(34-23)21(7-13-30-22)18-6-12-29-19(14-18)16-25(31)8-10-26(27,28)11-9-25/h2-7,12-15,31H,8-11,16H2,1H3. The topological polar surface area (TPSA) is 93.3 Å². The number of aromatic nitrogens is 2. The number of pyridine rings is 2. The van der Waals surface area contributed by atoms with Gasteiger partial charge in [-0.3, -0.25) is 9.97 Å². The number of hydrogen-bond acceptors (Lipinski definition) is 6. The van der Waals surface area contributed by atoms with Crippen molar-refractivity contribution in [1.82, 2.24) is 9.97 Å². The number of halogens is 2. The highest BCUT2D eigenvalue weighted by atomic mass is 32.2. The Hall–Kier alpha value is -3.17. The van der Waals surface area contributed by atoms with E-state index in [9.17, 15) is 22.3 Å². The maximum absolute atomic E-state index is 13.5. The van der Waals surface area contributed by atoms with Gasteiger partial charge in [-0.1, -0.05) is 0 Å². The third kappa shape index (κ3) is 4.97. The van der Waals surface area contributed by atoms with Crippen LogP contribution in [-0.4, -0.2) is 41.3 Å². The minimum atomic E-state index is -3.30. The van der Waals surface area contributed by atoms with Gasteiger partial charge in [0, 0.05) is 60.8 Å². The van der Waals surface area contributed by atoms with E-state index in [1.165, 1.54) is 12.1 Å². The third-order valence-electron chi connectivity index (χ3n) is 6.53. The molecule has 1 aliphatic carbocycles. The summed E-state index contributed by atoms with van der Waals surface area (Å²) in [7, 11) is -3.30. The van der Waals surface area contributed by atoms with Crippen LogP contribution in [0.4, 0.5) is 8.78 Å². The summed E-state index contributed by atoms with van der Waals surface area (Å²) in [6.45, 7) is 0. The first kappa shape index (κ1) is 23.6. The summed E-state index contributed by atoms with van der Waals surface area (Å²) in [5.41, 5.74) is 2.91. The van der Waals surface area contributed by atoms with Crippen LogP contribution in [0.5, 0.6) is 0 Å². The van der Waals surface area contributed by atoms with E-state index in [1.54, 1.807) is 30.6 Å². The second kappa shape index (κ2) is 8.49. The lowest BCUT2D eigenvalue weighted by molar-refractivity contribution is -0.103. The van der Waals surface area contributed by atoms with E-state index >= 15 is 0 Å². The van der Waals surface area contributed by atoms with E-state index in [4.69, 9.17) is 4.42 Å². The average Bonchev–Trinajstić information content (AvgIpc) is 3.26. The molecule has 1 fully saturated rings. The fraction of sp³-hybridized carbons (Fsp3) is 0.308. The highest BCUT2D eigenvalue weighted by Gasteiger charge is 2.42. The van der Waals surface area contributed by atoms with Crippen LogP contribution in [0.25, 0.3) is 33.6 Å². The monoisotopic (exact) mass is 498 g/mol. The van der Waals surface area contributed by atoms with E-state index in [-0.39, 0.29) is 37.0 Å². The van der Waals surface area contributed by atoms with Gasteiger partial charge in [-0.15, -0.1) is 0 Å². The number of hydrogen-bond donors (Lipinski definition) is 1. The predicted molar refractivity (Wildman–Crippen MR) is 128 cm³/mol. The summed E-state index contributed by atoms with van der Waals surface area (Å²) < 4.78 is 56.7. The van der Waals surface area contributed by atoms with Crippen molar-refractivity contribution in [3.8, 4) is 22.5 Å². The average molecular weight is 499 g/mol. The van der Waals surface area contributed by atoms with Gasteiger partial charge in [0.05, 0.1) is 10.5 Å². The molecule has 1 aliphatic rings. The van der Waals surface area contributed by atoms with Crippen LogP contribution >= 0.6 is 0 Å². The molecule has 1 aromatic carbocycles. The first-order chi connectivity index (χ1) is 16.5. The zero-order chi connectivity index (χ0) is 24.8. The van der Waals surface area contributed by atoms with Gasteiger partial charge < -0.3 is 9.52 Å². The molecule has 0 unspecified atom stereocenters. The number of rotatable bonds is 5. The molecule has 0 radical (unpaired) electrons. The Labute approximate surface area is 201 Å². The highest BCUT2D eigenvalue weighted by Crippen LogP contribution is 2.40. The van der Waals surface area contributed by atoms with Crippen molar-refractivity contribution in [1.29, 1.82) is 0 Å². The molecule has 35 heavy (non-hydrogen) atoms. The molecular formula is C26H24F2N2O4S. The van der Waals surface area contributed by atoms with Gasteiger partial charge in [-0.2, -0.15) is 0 Å². The maximum Gasteiger partial charge on any atom is 0.248 e. The Bertz CT molecular complexity index is 1490. The molecule has 5 rings (SSSR count). The zero-order valence-corrected chi connectivity index (χ0v) is 19.9. The second-order valence-electron chi connectivity index (χ2n) is 9.27. The van der Waals surface area contributed by atoms with E-state index in [2.05, 4.69) is 9.97 Å². The Morgan fingerprint density at radius 2 is 1.63 bits per heavy atom. The lowest BCUT2D eigenvalue weighted by Gasteiger charge is -2.35. The van der Waals surface area contributed by atoms with Crippen molar-refractivity contribution in [2.45, 2.75) is 48.5 Å². The molecule has 1 saturated carbocycles. The molecule has 3 aromatic heterocycles. The van der Waals surface area contributed by atoms with Gasteiger partial charge in [0.25, 0.3) is 0 Å². The van der Waals surface area contributed by atoms with Crippen molar-refractivity contribution in [3.05, 3.63) is 66.6 Å². The predicted octanol–water partition coefficient (Wildman–Crippen LogP) is 5.44. The van der Waals surface area contributed by atoms with E-state index in [1.807, 2.05) is 18.2 Å². The fourth-order valence-electron chi connectivity index (χ4n) is 4.51. The van der Waals surface area contributed by atoms with Crippen LogP contribution in [0.1, 0.15) is 31.4 Å². The summed E-state index contributed by atoms with van der Waals surface area (Å²) in [6.07, 6.45) is 4.07. The number of aliphatic hydroxyl groups is 1. The second-order valence-corrected chi connectivity index (χ2v) is 11.3. The van der Waals surface area contributed by atoms with Crippen LogP contribution in [0.15, 0.2) is 70.2 Å². The molecule has 0 saturated heterocycles. The molecule has 3 heterocycles. The van der Waals surface area contributed by atoms with Crippen molar-refractivity contribution < 1.29 is 26.7 Å². The quantitative estimate of drug-likeness (QED) is 0.394. The van der Waals surface area contributed by atoms with Crippen molar-refractivity contribution in [3.63, 3.8) is 0 Å². The number of nitrogens with zero attached hydrogens (tertiary/aromatic N) is 2. The SMILES string of the molecule is CS(=O)(=O)c1ccc(-c2cc3nccc(-c4ccnc(CC5(O)CCC(F)(F)CC5)c4)c3o2)cc1. The fourth-order valence-corrected chi connectivity index (χ4v) is 5.14. The van der Waals surface area contributed by atoms with E-state index in [0.717, 1.165) is 17.4 Å². The number of fused-ring (bicyclic) bond motifs is 1. The number of benzene rings is 1. The van der Waals surface area contributed by atoms with Crippen molar-refractivity contribution >= 4 is 20.9 Å². The van der Waals surface area contributed by atoms with Gasteiger partial charge in [0.2, 0.25) is 5.92 Å². The van der Waals surface area contributed by atoms with Gasteiger partial charge >= 0.3 is 0 Å². The molecule has 0 atom stereocenters. The summed E-state index contributed by atoms with van der Waals surface area (Å²) in [5.74, 6) is -2.17. The highest BCUT2D eigenvalue weighted by molar-refractivity contribution is 7.90. The van der Waals surface area contributed by atoms with Crippen LogP contribution in [-0.2, 0) is 16.3 Å². The van der Waals surface area contributed by atoms with Crippen LogP contribution in [0.3, 0.4) is 0 Å². The lowest BCUT2D eigenvalue weighted by atomic mass is 9.79. The van der Waals surface area contributed by atoms with Crippen molar-refractivity contribution in [2.75, 3.05) is 6.26 Å². The normalized spacial score (nSPS) is 17.5. The van der Waals surface area contributed by atoms with Gasteiger partial charge in [-0.25, -0.2) is 17.2 Å². The minimum absolute atomic E-state index is 0.0328. The molecule has 182 valence electrons. The summed E-state index contributed by atoms with van der Waals surface area (Å²) >= 11 is 0. The first-order valence-electron chi connectivity index (χ1n) is 11.3. The molecule has 1 N–H and O–H groups in total. The number of furan rings is 1. The molecule has 9 heteroatoms. The maximum atomic E-state index is 13.5.